The second kappa shape index (κ2) is 6.39. The van der Waals surface area contributed by atoms with Crippen LogP contribution in [-0.2, 0) is 17.2 Å². The zero-order valence-corrected chi connectivity index (χ0v) is 13.0. The minimum absolute atomic E-state index is 0.0415. The molecule has 0 radical (unpaired) electrons. The number of carbonyl (C=O) groups is 1. The highest BCUT2D eigenvalue weighted by Crippen LogP contribution is 2.22. The van der Waals surface area contributed by atoms with Crippen molar-refractivity contribution in [3.63, 3.8) is 0 Å². The molecule has 0 atom stereocenters. The lowest BCUT2D eigenvalue weighted by Gasteiger charge is -2.07. The Morgan fingerprint density at radius 1 is 1.53 bits per heavy atom. The maximum Gasteiger partial charge on any atom is 0.221 e. The number of nitrogens with zero attached hydrogens (tertiary/aromatic N) is 2. The highest BCUT2D eigenvalue weighted by Gasteiger charge is 2.11. The number of alkyl halides is 1. The maximum atomic E-state index is 11.6. The van der Waals surface area contributed by atoms with Gasteiger partial charge < -0.3 is 9.88 Å². The number of carbonyl (C=O) groups excluding carboxylic acids is 1. The average Bonchev–Trinajstić information content (AvgIpc) is 2.74. The first-order chi connectivity index (χ1) is 9.15. The Labute approximate surface area is 125 Å². The summed E-state index contributed by atoms with van der Waals surface area (Å²) in [6, 6.07) is 5.88. The lowest BCUT2D eigenvalue weighted by Crippen LogP contribution is -2.24. The van der Waals surface area contributed by atoms with Gasteiger partial charge in [0.25, 0.3) is 0 Å². The quantitative estimate of drug-likeness (QED) is 0.847. The van der Waals surface area contributed by atoms with Crippen LogP contribution in [0.3, 0.4) is 0 Å². The van der Waals surface area contributed by atoms with Crippen molar-refractivity contribution in [2.75, 3.05) is 6.54 Å². The number of benzene rings is 1. The second-order valence-electron chi connectivity index (χ2n) is 4.15. The molecule has 6 heteroatoms. The number of hydrogen-bond acceptors (Lipinski definition) is 2. The fourth-order valence-electron chi connectivity index (χ4n) is 2.00. The van der Waals surface area contributed by atoms with Crippen molar-refractivity contribution in [2.24, 2.45) is 0 Å². The van der Waals surface area contributed by atoms with E-state index in [4.69, 9.17) is 11.6 Å². The monoisotopic (exact) mass is 343 g/mol. The van der Waals surface area contributed by atoms with Gasteiger partial charge in [-0.15, -0.1) is 11.6 Å². The molecule has 2 aromatic rings. The molecular weight excluding hydrogens is 330 g/mol. The van der Waals surface area contributed by atoms with E-state index in [1.807, 2.05) is 29.7 Å². The van der Waals surface area contributed by atoms with Gasteiger partial charge in [-0.2, -0.15) is 0 Å². The average molecular weight is 345 g/mol. The van der Waals surface area contributed by atoms with Gasteiger partial charge in [0.2, 0.25) is 5.91 Å². The van der Waals surface area contributed by atoms with Crippen LogP contribution >= 0.6 is 27.5 Å². The molecule has 0 saturated heterocycles. The first-order valence-electron chi connectivity index (χ1n) is 6.13. The van der Waals surface area contributed by atoms with E-state index in [1.165, 1.54) is 0 Å². The molecule has 102 valence electrons. The molecular formula is C13H15BrClN3O. The van der Waals surface area contributed by atoms with Gasteiger partial charge in [-0.25, -0.2) is 4.98 Å². The number of fused-ring (bicyclic) bond motifs is 1. The Bertz CT molecular complexity index is 597. The topological polar surface area (TPSA) is 46.9 Å². The highest BCUT2D eigenvalue weighted by molar-refractivity contribution is 9.10. The van der Waals surface area contributed by atoms with Crippen LogP contribution in [0.2, 0.25) is 0 Å². The smallest absolute Gasteiger partial charge is 0.221 e. The molecule has 0 spiro atoms. The first kappa shape index (κ1) is 14.3. The van der Waals surface area contributed by atoms with Gasteiger partial charge >= 0.3 is 0 Å². The zero-order chi connectivity index (χ0) is 13.8. The van der Waals surface area contributed by atoms with Crippen LogP contribution in [0.25, 0.3) is 11.0 Å². The predicted octanol–water partition coefficient (Wildman–Crippen LogP) is 3.06. The molecule has 0 bridgehead atoms. The number of aromatic nitrogens is 2. The summed E-state index contributed by atoms with van der Waals surface area (Å²) in [6.07, 6.45) is 0.426. The van der Waals surface area contributed by atoms with Crippen molar-refractivity contribution in [3.8, 4) is 0 Å². The van der Waals surface area contributed by atoms with E-state index < -0.39 is 0 Å². The van der Waals surface area contributed by atoms with Crippen LogP contribution in [0, 0.1) is 0 Å². The SMILES string of the molecule is CCNC(=O)CCn1c(CCl)nc2ccc(Br)cc21. The fraction of sp³-hybridized carbons (Fsp3) is 0.385. The third-order valence-electron chi connectivity index (χ3n) is 2.85. The third kappa shape index (κ3) is 3.28. The van der Waals surface area contributed by atoms with Crippen molar-refractivity contribution in [1.82, 2.24) is 14.9 Å². The summed E-state index contributed by atoms with van der Waals surface area (Å²) in [5.74, 6) is 1.17. The number of halogens is 2. The van der Waals surface area contributed by atoms with Crippen LogP contribution in [-0.4, -0.2) is 22.0 Å². The predicted molar refractivity (Wildman–Crippen MR) is 80.3 cm³/mol. The summed E-state index contributed by atoms with van der Waals surface area (Å²) in [5.41, 5.74) is 1.89. The minimum atomic E-state index is 0.0415. The van der Waals surface area contributed by atoms with E-state index in [9.17, 15) is 4.79 Å². The molecule has 2 rings (SSSR count). The van der Waals surface area contributed by atoms with Crippen LogP contribution < -0.4 is 5.32 Å². The fourth-order valence-corrected chi connectivity index (χ4v) is 2.55. The van der Waals surface area contributed by atoms with Crippen LogP contribution in [0.15, 0.2) is 22.7 Å². The molecule has 1 N–H and O–H groups in total. The Hall–Kier alpha value is -1.07. The molecule has 0 unspecified atom stereocenters. The number of nitrogens with one attached hydrogen (secondary N) is 1. The molecule has 0 aliphatic heterocycles. The van der Waals surface area contributed by atoms with Crippen molar-refractivity contribution in [2.45, 2.75) is 25.8 Å². The van der Waals surface area contributed by atoms with Gasteiger partial charge in [0.1, 0.15) is 5.82 Å². The number of imidazole rings is 1. The summed E-state index contributed by atoms with van der Waals surface area (Å²) in [6.45, 7) is 3.14. The summed E-state index contributed by atoms with van der Waals surface area (Å²) < 4.78 is 2.99. The lowest BCUT2D eigenvalue weighted by atomic mass is 10.3. The van der Waals surface area contributed by atoms with E-state index in [-0.39, 0.29) is 5.91 Å². The summed E-state index contributed by atoms with van der Waals surface area (Å²) in [5, 5.41) is 2.79. The molecule has 0 aliphatic carbocycles. The molecule has 1 amide bonds. The molecule has 0 saturated carbocycles. The van der Waals surface area contributed by atoms with E-state index in [0.29, 0.717) is 25.4 Å². The normalized spacial score (nSPS) is 10.9. The highest BCUT2D eigenvalue weighted by atomic mass is 79.9. The summed E-state index contributed by atoms with van der Waals surface area (Å²) >= 11 is 9.37. The Balaban J connectivity index is 2.29. The third-order valence-corrected chi connectivity index (χ3v) is 3.58. The molecule has 19 heavy (non-hydrogen) atoms. The standard InChI is InChI=1S/C13H15BrClN3O/c1-2-16-13(19)5-6-18-11-7-9(14)3-4-10(11)17-12(18)8-15/h3-4,7H,2,5-6,8H2,1H3,(H,16,19). The summed E-state index contributed by atoms with van der Waals surface area (Å²) in [4.78, 5) is 16.0. The summed E-state index contributed by atoms with van der Waals surface area (Å²) in [7, 11) is 0. The van der Waals surface area contributed by atoms with Gasteiger partial charge in [-0.1, -0.05) is 15.9 Å². The van der Waals surface area contributed by atoms with Gasteiger partial charge in [0.05, 0.1) is 16.9 Å². The Morgan fingerprint density at radius 3 is 3.00 bits per heavy atom. The van der Waals surface area contributed by atoms with Gasteiger partial charge in [-0.3, -0.25) is 4.79 Å². The Kier molecular flexibility index (Phi) is 4.82. The number of hydrogen-bond donors (Lipinski definition) is 1. The lowest BCUT2D eigenvalue weighted by molar-refractivity contribution is -0.121. The molecule has 0 fully saturated rings. The molecule has 1 aromatic heterocycles. The molecule has 0 aliphatic rings. The van der Waals surface area contributed by atoms with Crippen molar-refractivity contribution in [1.29, 1.82) is 0 Å². The maximum absolute atomic E-state index is 11.6. The zero-order valence-electron chi connectivity index (χ0n) is 10.6. The second-order valence-corrected chi connectivity index (χ2v) is 5.33. The van der Waals surface area contributed by atoms with Crippen molar-refractivity contribution in [3.05, 3.63) is 28.5 Å². The number of aryl methyl sites for hydroxylation is 1. The van der Waals surface area contributed by atoms with Crippen molar-refractivity contribution < 1.29 is 4.79 Å². The number of rotatable bonds is 5. The largest absolute Gasteiger partial charge is 0.356 e. The number of amides is 1. The molecule has 4 nitrogen and oxygen atoms in total. The Morgan fingerprint density at radius 2 is 2.32 bits per heavy atom. The van der Waals surface area contributed by atoms with Crippen LogP contribution in [0.4, 0.5) is 0 Å². The van der Waals surface area contributed by atoms with Gasteiger partial charge in [0.15, 0.2) is 0 Å². The first-order valence-corrected chi connectivity index (χ1v) is 7.45. The van der Waals surface area contributed by atoms with E-state index in [1.54, 1.807) is 0 Å². The molecule has 1 heterocycles. The van der Waals surface area contributed by atoms with Gasteiger partial charge in [0, 0.05) is 24.0 Å². The van der Waals surface area contributed by atoms with Crippen molar-refractivity contribution >= 4 is 44.5 Å². The van der Waals surface area contributed by atoms with E-state index in [0.717, 1.165) is 21.3 Å². The van der Waals surface area contributed by atoms with E-state index in [2.05, 4.69) is 26.2 Å². The molecule has 1 aromatic carbocycles. The minimum Gasteiger partial charge on any atom is -0.356 e. The van der Waals surface area contributed by atoms with E-state index >= 15 is 0 Å². The van der Waals surface area contributed by atoms with Gasteiger partial charge in [-0.05, 0) is 25.1 Å². The van der Waals surface area contributed by atoms with Crippen LogP contribution in [0.1, 0.15) is 19.2 Å². The van der Waals surface area contributed by atoms with Crippen LogP contribution in [0.5, 0.6) is 0 Å².